The second kappa shape index (κ2) is 6.05. The fourth-order valence-electron chi connectivity index (χ4n) is 3.64. The van der Waals surface area contributed by atoms with Crippen LogP contribution in [0.1, 0.15) is 38.7 Å². The third-order valence-electron chi connectivity index (χ3n) is 4.95. The molecule has 1 spiro atoms. The Bertz CT molecular complexity index is 767. The SMILES string of the molecule is CC(C)(CC#N)CS(=O)(=O)N1CC[C@@]2(CCc3ccccc3O2)C1. The first kappa shape index (κ1) is 17.2. The van der Waals surface area contributed by atoms with Crippen molar-refractivity contribution in [2.24, 2.45) is 5.41 Å². The normalized spacial score (nSPS) is 24.4. The lowest BCUT2D eigenvalue weighted by atomic mass is 9.90. The molecular weight excluding hydrogens is 324 g/mol. The first-order valence-electron chi connectivity index (χ1n) is 8.37. The third-order valence-corrected chi connectivity index (χ3v) is 7.20. The van der Waals surface area contributed by atoms with Crippen LogP contribution in [-0.2, 0) is 16.4 Å². The predicted molar refractivity (Wildman–Crippen MR) is 92.1 cm³/mol. The Morgan fingerprint density at radius 3 is 2.83 bits per heavy atom. The van der Waals surface area contributed by atoms with E-state index in [1.807, 2.05) is 32.0 Å². The molecule has 3 rings (SSSR count). The minimum atomic E-state index is -3.39. The van der Waals surface area contributed by atoms with Crippen LogP contribution >= 0.6 is 0 Å². The van der Waals surface area contributed by atoms with E-state index in [0.717, 1.165) is 25.0 Å². The molecule has 6 heteroatoms. The summed E-state index contributed by atoms with van der Waals surface area (Å²) < 4.78 is 33.3. The first-order chi connectivity index (χ1) is 11.3. The van der Waals surface area contributed by atoms with Gasteiger partial charge in [0, 0.05) is 19.4 Å². The molecule has 2 heterocycles. The molecule has 1 atom stereocenters. The maximum absolute atomic E-state index is 12.8. The molecular formula is C18H24N2O3S. The standard InChI is InChI=1S/C18H24N2O3S/c1-17(2,9-11-19)14-24(21,22)20-12-10-18(13-20)8-7-15-5-3-4-6-16(15)23-18/h3-6H,7-10,12-14H2,1-2H3/t18-/m0/s1. The van der Waals surface area contributed by atoms with Crippen molar-refractivity contribution in [3.8, 4) is 11.8 Å². The number of fused-ring (bicyclic) bond motifs is 1. The third kappa shape index (κ3) is 3.42. The maximum atomic E-state index is 12.8. The van der Waals surface area contributed by atoms with Crippen LogP contribution in [0.4, 0.5) is 0 Å². The van der Waals surface area contributed by atoms with Crippen molar-refractivity contribution in [2.45, 2.75) is 45.1 Å². The maximum Gasteiger partial charge on any atom is 0.214 e. The summed E-state index contributed by atoms with van der Waals surface area (Å²) in [5.74, 6) is 0.882. The van der Waals surface area contributed by atoms with Gasteiger partial charge in [0.15, 0.2) is 0 Å². The molecule has 0 N–H and O–H groups in total. The van der Waals surface area contributed by atoms with Gasteiger partial charge in [0.25, 0.3) is 0 Å². The molecule has 1 aromatic rings. The van der Waals surface area contributed by atoms with E-state index in [0.29, 0.717) is 13.1 Å². The second-order valence-electron chi connectivity index (χ2n) is 7.73. The zero-order valence-corrected chi connectivity index (χ0v) is 15.1. The van der Waals surface area contributed by atoms with E-state index in [1.54, 1.807) is 4.31 Å². The fraction of sp³-hybridized carbons (Fsp3) is 0.611. The summed E-state index contributed by atoms with van der Waals surface area (Å²) in [5, 5.41) is 8.88. The lowest BCUT2D eigenvalue weighted by Gasteiger charge is -2.35. The van der Waals surface area contributed by atoms with E-state index in [2.05, 4.69) is 12.1 Å². The monoisotopic (exact) mass is 348 g/mol. The molecule has 1 saturated heterocycles. The van der Waals surface area contributed by atoms with E-state index in [-0.39, 0.29) is 12.2 Å². The fourth-order valence-corrected chi connectivity index (χ4v) is 5.71. The number of rotatable bonds is 4. The van der Waals surface area contributed by atoms with Crippen LogP contribution in [-0.4, -0.2) is 37.2 Å². The zero-order chi connectivity index (χ0) is 17.4. The van der Waals surface area contributed by atoms with Gasteiger partial charge in [-0.3, -0.25) is 0 Å². The van der Waals surface area contributed by atoms with Crippen LogP contribution in [0.3, 0.4) is 0 Å². The molecule has 0 aromatic heterocycles. The molecule has 2 aliphatic heterocycles. The van der Waals surface area contributed by atoms with Crippen molar-refractivity contribution in [1.82, 2.24) is 4.31 Å². The van der Waals surface area contributed by atoms with Crippen LogP contribution in [0.2, 0.25) is 0 Å². The zero-order valence-electron chi connectivity index (χ0n) is 14.3. The average molecular weight is 348 g/mol. The summed E-state index contributed by atoms with van der Waals surface area (Å²) in [4.78, 5) is 0. The number of nitriles is 1. The van der Waals surface area contributed by atoms with Gasteiger partial charge in [-0.15, -0.1) is 0 Å². The minimum absolute atomic E-state index is 0.000225. The minimum Gasteiger partial charge on any atom is -0.486 e. The van der Waals surface area contributed by atoms with E-state index >= 15 is 0 Å². The molecule has 130 valence electrons. The molecule has 0 aliphatic carbocycles. The van der Waals surface area contributed by atoms with Crippen molar-refractivity contribution in [2.75, 3.05) is 18.8 Å². The lowest BCUT2D eigenvalue weighted by molar-refractivity contribution is 0.0611. The number of hydrogen-bond acceptors (Lipinski definition) is 4. The highest BCUT2D eigenvalue weighted by Gasteiger charge is 2.46. The van der Waals surface area contributed by atoms with Gasteiger partial charge in [0.2, 0.25) is 10.0 Å². The quantitative estimate of drug-likeness (QED) is 0.839. The molecule has 0 unspecified atom stereocenters. The Morgan fingerprint density at radius 2 is 2.08 bits per heavy atom. The van der Waals surface area contributed by atoms with Crippen LogP contribution in [0.15, 0.2) is 24.3 Å². The molecule has 1 aromatic carbocycles. The molecule has 24 heavy (non-hydrogen) atoms. The van der Waals surface area contributed by atoms with Gasteiger partial charge in [0.05, 0.1) is 18.4 Å². The van der Waals surface area contributed by atoms with E-state index in [1.165, 1.54) is 5.56 Å². The summed E-state index contributed by atoms with van der Waals surface area (Å²) in [6, 6.07) is 10.1. The van der Waals surface area contributed by atoms with Crippen molar-refractivity contribution >= 4 is 10.0 Å². The first-order valence-corrected chi connectivity index (χ1v) is 9.98. The highest BCUT2D eigenvalue weighted by atomic mass is 32.2. The molecule has 0 bridgehead atoms. The summed E-state index contributed by atoms with van der Waals surface area (Å²) in [6.45, 7) is 4.55. The molecule has 0 amide bonds. The molecule has 1 fully saturated rings. The predicted octanol–water partition coefficient (Wildman–Crippen LogP) is 2.73. The number of aryl methyl sites for hydroxylation is 1. The van der Waals surface area contributed by atoms with Crippen molar-refractivity contribution in [3.05, 3.63) is 29.8 Å². The number of para-hydroxylation sites is 1. The van der Waals surface area contributed by atoms with E-state index in [9.17, 15) is 8.42 Å². The number of sulfonamides is 1. The van der Waals surface area contributed by atoms with Gasteiger partial charge in [-0.1, -0.05) is 32.0 Å². The number of nitrogens with zero attached hydrogens (tertiary/aromatic N) is 2. The van der Waals surface area contributed by atoms with Gasteiger partial charge in [0.1, 0.15) is 11.4 Å². The Labute approximate surface area is 144 Å². The van der Waals surface area contributed by atoms with Crippen molar-refractivity contribution < 1.29 is 13.2 Å². The van der Waals surface area contributed by atoms with Crippen molar-refractivity contribution in [1.29, 1.82) is 5.26 Å². The van der Waals surface area contributed by atoms with Crippen LogP contribution in [0, 0.1) is 16.7 Å². The average Bonchev–Trinajstić information content (AvgIpc) is 2.90. The van der Waals surface area contributed by atoms with Gasteiger partial charge >= 0.3 is 0 Å². The Morgan fingerprint density at radius 1 is 1.33 bits per heavy atom. The van der Waals surface area contributed by atoms with Gasteiger partial charge in [-0.2, -0.15) is 9.57 Å². The van der Waals surface area contributed by atoms with E-state index < -0.39 is 21.0 Å². The van der Waals surface area contributed by atoms with Crippen LogP contribution in [0.25, 0.3) is 0 Å². The summed E-state index contributed by atoms with van der Waals surface area (Å²) >= 11 is 0. The summed E-state index contributed by atoms with van der Waals surface area (Å²) in [7, 11) is -3.39. The summed E-state index contributed by atoms with van der Waals surface area (Å²) in [5.41, 5.74) is 0.254. The second-order valence-corrected chi connectivity index (χ2v) is 9.70. The topological polar surface area (TPSA) is 70.4 Å². The molecule has 0 radical (unpaired) electrons. The largest absolute Gasteiger partial charge is 0.486 e. The Balaban J connectivity index is 1.73. The smallest absolute Gasteiger partial charge is 0.214 e. The highest BCUT2D eigenvalue weighted by Crippen LogP contribution is 2.39. The molecule has 5 nitrogen and oxygen atoms in total. The van der Waals surface area contributed by atoms with Crippen LogP contribution < -0.4 is 4.74 Å². The Kier molecular flexibility index (Phi) is 4.35. The lowest BCUT2D eigenvalue weighted by Crippen LogP contribution is -2.44. The summed E-state index contributed by atoms with van der Waals surface area (Å²) in [6.07, 6.45) is 2.72. The van der Waals surface area contributed by atoms with Gasteiger partial charge in [-0.25, -0.2) is 8.42 Å². The number of benzene rings is 1. The van der Waals surface area contributed by atoms with Crippen LogP contribution in [0.5, 0.6) is 5.75 Å². The van der Waals surface area contributed by atoms with Gasteiger partial charge in [-0.05, 0) is 29.9 Å². The highest BCUT2D eigenvalue weighted by molar-refractivity contribution is 7.89. The van der Waals surface area contributed by atoms with Gasteiger partial charge < -0.3 is 4.74 Å². The van der Waals surface area contributed by atoms with E-state index in [4.69, 9.17) is 10.00 Å². The number of hydrogen-bond donors (Lipinski definition) is 0. The number of ether oxygens (including phenoxy) is 1. The van der Waals surface area contributed by atoms with Crippen molar-refractivity contribution in [3.63, 3.8) is 0 Å². The molecule has 0 saturated carbocycles. The molecule has 2 aliphatic rings. The Hall–Kier alpha value is -1.58.